The van der Waals surface area contributed by atoms with E-state index in [1.54, 1.807) is 14.0 Å². The second-order valence-electron chi connectivity index (χ2n) is 2.30. The van der Waals surface area contributed by atoms with E-state index in [4.69, 9.17) is 0 Å². The molecule has 0 heterocycles. The van der Waals surface area contributed by atoms with Crippen LogP contribution in [0.3, 0.4) is 0 Å². The zero-order valence-corrected chi connectivity index (χ0v) is 7.29. The highest BCUT2D eigenvalue weighted by molar-refractivity contribution is 5.93. The highest BCUT2D eigenvalue weighted by Gasteiger charge is 2.19. The standard InChI is InChI=1S/C7H13N2O2/c1-5(8-4)9(6(2)10)7(3)11/h5H,1-4H3. The molecule has 0 aliphatic heterocycles. The molecule has 11 heavy (non-hydrogen) atoms. The molecule has 0 bridgehead atoms. The fourth-order valence-electron chi connectivity index (χ4n) is 0.863. The Bertz CT molecular complexity index is 154. The number of hydrogen-bond acceptors (Lipinski definition) is 2. The lowest BCUT2D eigenvalue weighted by molar-refractivity contribution is -0.145. The first-order chi connectivity index (χ1) is 5.00. The van der Waals surface area contributed by atoms with Crippen LogP contribution in [-0.4, -0.2) is 29.9 Å². The summed E-state index contributed by atoms with van der Waals surface area (Å²) in [5, 5.41) is 3.82. The first-order valence-electron chi connectivity index (χ1n) is 3.40. The van der Waals surface area contributed by atoms with E-state index in [9.17, 15) is 9.59 Å². The molecule has 0 aliphatic rings. The van der Waals surface area contributed by atoms with Gasteiger partial charge >= 0.3 is 0 Å². The number of carbonyl (C=O) groups is 2. The van der Waals surface area contributed by atoms with E-state index in [0.717, 1.165) is 4.90 Å². The topological polar surface area (TPSA) is 51.5 Å². The molecule has 1 atom stereocenters. The van der Waals surface area contributed by atoms with Gasteiger partial charge in [0.15, 0.2) is 0 Å². The second-order valence-corrected chi connectivity index (χ2v) is 2.30. The third-order valence-electron chi connectivity index (χ3n) is 1.43. The van der Waals surface area contributed by atoms with E-state index in [0.29, 0.717) is 0 Å². The van der Waals surface area contributed by atoms with Crippen molar-refractivity contribution < 1.29 is 9.59 Å². The second kappa shape index (κ2) is 4.08. The van der Waals surface area contributed by atoms with Crippen LogP contribution in [0, 0.1) is 0 Å². The molecule has 1 unspecified atom stereocenters. The van der Waals surface area contributed by atoms with Crippen LogP contribution < -0.4 is 5.32 Å². The lowest BCUT2D eigenvalue weighted by atomic mass is 10.4. The monoisotopic (exact) mass is 157 g/mol. The van der Waals surface area contributed by atoms with E-state index >= 15 is 0 Å². The fourth-order valence-corrected chi connectivity index (χ4v) is 0.863. The quantitative estimate of drug-likeness (QED) is 0.564. The first kappa shape index (κ1) is 10.1. The van der Waals surface area contributed by atoms with E-state index < -0.39 is 0 Å². The summed E-state index contributed by atoms with van der Waals surface area (Å²) in [6.45, 7) is 4.40. The molecule has 4 nitrogen and oxygen atoms in total. The largest absolute Gasteiger partial charge is 0.275 e. The first-order valence-corrected chi connectivity index (χ1v) is 3.40. The molecular weight excluding hydrogens is 144 g/mol. The van der Waals surface area contributed by atoms with Gasteiger partial charge in [-0.1, -0.05) is 0 Å². The number of carbonyl (C=O) groups excluding carboxylic acids is 2. The zero-order chi connectivity index (χ0) is 9.02. The number of rotatable bonds is 2. The minimum Gasteiger partial charge on any atom is -0.275 e. The molecule has 4 heteroatoms. The van der Waals surface area contributed by atoms with Crippen LogP contribution >= 0.6 is 0 Å². The van der Waals surface area contributed by atoms with Crippen molar-refractivity contribution in [3.05, 3.63) is 0 Å². The normalized spacial score (nSPS) is 12.4. The van der Waals surface area contributed by atoms with E-state index in [1.165, 1.54) is 13.8 Å². The summed E-state index contributed by atoms with van der Waals surface area (Å²) >= 11 is 0. The van der Waals surface area contributed by atoms with Crippen molar-refractivity contribution in [3.8, 4) is 0 Å². The predicted octanol–water partition coefficient (Wildman–Crippen LogP) is -0.0384. The average Bonchev–Trinajstić information content (AvgIpc) is 1.85. The molecule has 0 aromatic heterocycles. The van der Waals surface area contributed by atoms with Gasteiger partial charge in [0, 0.05) is 20.9 Å². The Morgan fingerprint density at radius 2 is 1.64 bits per heavy atom. The Morgan fingerprint density at radius 1 is 1.27 bits per heavy atom. The molecule has 0 N–H and O–H groups in total. The highest BCUT2D eigenvalue weighted by atomic mass is 16.2. The summed E-state index contributed by atoms with van der Waals surface area (Å²) in [7, 11) is 1.57. The summed E-state index contributed by atoms with van der Waals surface area (Å²) in [4.78, 5) is 22.8. The molecule has 2 amide bonds. The summed E-state index contributed by atoms with van der Waals surface area (Å²) in [6, 6.07) is 0. The molecule has 0 rings (SSSR count). The summed E-state index contributed by atoms with van der Waals surface area (Å²) in [5.74, 6) is -0.536. The van der Waals surface area contributed by atoms with Gasteiger partial charge in [0.2, 0.25) is 11.8 Å². The van der Waals surface area contributed by atoms with E-state index in [1.807, 2.05) is 0 Å². The third kappa shape index (κ3) is 2.67. The number of imide groups is 1. The Labute approximate surface area is 66.6 Å². The van der Waals surface area contributed by atoms with Gasteiger partial charge in [-0.15, -0.1) is 0 Å². The van der Waals surface area contributed by atoms with Crippen LogP contribution in [0.1, 0.15) is 20.8 Å². The minimum absolute atomic E-state index is 0.268. The van der Waals surface area contributed by atoms with Crippen LogP contribution in [0.4, 0.5) is 0 Å². The minimum atomic E-state index is -0.356. The average molecular weight is 157 g/mol. The lowest BCUT2D eigenvalue weighted by Crippen LogP contribution is -2.44. The Hall–Kier alpha value is -0.900. The third-order valence-corrected chi connectivity index (χ3v) is 1.43. The van der Waals surface area contributed by atoms with Crippen LogP contribution in [0.5, 0.6) is 0 Å². The maximum Gasteiger partial charge on any atom is 0.227 e. The van der Waals surface area contributed by atoms with Crippen molar-refractivity contribution in [2.24, 2.45) is 0 Å². The van der Waals surface area contributed by atoms with Crippen LogP contribution in [0.25, 0.3) is 0 Å². The van der Waals surface area contributed by atoms with Gasteiger partial charge in [-0.05, 0) is 6.92 Å². The molecule has 0 saturated carbocycles. The van der Waals surface area contributed by atoms with Gasteiger partial charge in [-0.3, -0.25) is 14.5 Å². The molecule has 0 spiro atoms. The number of nitrogens with zero attached hydrogens (tertiary/aromatic N) is 2. The molecule has 0 aromatic rings. The maximum atomic E-state index is 10.8. The Kier molecular flexibility index (Phi) is 3.74. The summed E-state index contributed by atoms with van der Waals surface area (Å²) in [5.41, 5.74) is 0. The van der Waals surface area contributed by atoms with Crippen LogP contribution in [0.2, 0.25) is 0 Å². The van der Waals surface area contributed by atoms with Gasteiger partial charge in [0.25, 0.3) is 0 Å². The number of amides is 2. The SMILES string of the molecule is C[N]C(C)N(C(C)=O)C(C)=O. The summed E-state index contributed by atoms with van der Waals surface area (Å²) < 4.78 is 0. The van der Waals surface area contributed by atoms with Crippen molar-refractivity contribution in [1.82, 2.24) is 10.2 Å². The summed E-state index contributed by atoms with van der Waals surface area (Å²) in [6.07, 6.45) is -0.356. The van der Waals surface area contributed by atoms with Crippen molar-refractivity contribution >= 4 is 11.8 Å². The van der Waals surface area contributed by atoms with Crippen LogP contribution in [-0.2, 0) is 9.59 Å². The molecule has 0 saturated heterocycles. The highest BCUT2D eigenvalue weighted by Crippen LogP contribution is 1.97. The molecule has 63 valence electrons. The van der Waals surface area contributed by atoms with Gasteiger partial charge in [-0.2, -0.15) is 0 Å². The fraction of sp³-hybridized carbons (Fsp3) is 0.714. The molecular formula is C7H13N2O2. The van der Waals surface area contributed by atoms with Crippen molar-refractivity contribution in [2.75, 3.05) is 7.05 Å². The zero-order valence-electron chi connectivity index (χ0n) is 7.29. The van der Waals surface area contributed by atoms with Crippen molar-refractivity contribution in [3.63, 3.8) is 0 Å². The van der Waals surface area contributed by atoms with E-state index in [-0.39, 0.29) is 18.0 Å². The van der Waals surface area contributed by atoms with Crippen molar-refractivity contribution in [1.29, 1.82) is 0 Å². The Morgan fingerprint density at radius 3 is 1.73 bits per heavy atom. The van der Waals surface area contributed by atoms with E-state index in [2.05, 4.69) is 5.32 Å². The van der Waals surface area contributed by atoms with Gasteiger partial charge < -0.3 is 0 Å². The Balaban J connectivity index is 4.34. The molecule has 0 fully saturated rings. The predicted molar refractivity (Wildman–Crippen MR) is 40.7 cm³/mol. The number of hydrogen-bond donors (Lipinski definition) is 0. The van der Waals surface area contributed by atoms with Gasteiger partial charge in [0.05, 0.1) is 0 Å². The maximum absolute atomic E-state index is 10.8. The smallest absolute Gasteiger partial charge is 0.227 e. The van der Waals surface area contributed by atoms with Crippen molar-refractivity contribution in [2.45, 2.75) is 26.9 Å². The van der Waals surface area contributed by atoms with Crippen LogP contribution in [0.15, 0.2) is 0 Å². The molecule has 0 aliphatic carbocycles. The lowest BCUT2D eigenvalue weighted by Gasteiger charge is -2.22. The molecule has 1 radical (unpaired) electrons. The van der Waals surface area contributed by atoms with Gasteiger partial charge in [-0.25, -0.2) is 5.32 Å². The molecule has 0 aromatic carbocycles. The van der Waals surface area contributed by atoms with Gasteiger partial charge in [0.1, 0.15) is 6.17 Å².